The molecule has 5 rings (SSSR count). The first kappa shape index (κ1) is 13.6. The van der Waals surface area contributed by atoms with Gasteiger partial charge in [0.2, 0.25) is 0 Å². The Labute approximate surface area is 136 Å². The molecule has 0 aromatic heterocycles. The van der Waals surface area contributed by atoms with Crippen molar-refractivity contribution in [2.75, 3.05) is 33.4 Å². The van der Waals surface area contributed by atoms with Crippen LogP contribution in [-0.4, -0.2) is 44.4 Å². The van der Waals surface area contributed by atoms with Crippen molar-refractivity contribution < 1.29 is 14.2 Å². The molecule has 0 saturated carbocycles. The van der Waals surface area contributed by atoms with Crippen LogP contribution in [0.1, 0.15) is 17.5 Å². The number of rotatable bonds is 1. The summed E-state index contributed by atoms with van der Waals surface area (Å²) in [6, 6.07) is 4.42. The number of fused-ring (bicyclic) bond motifs is 2. The van der Waals surface area contributed by atoms with Gasteiger partial charge < -0.3 is 14.2 Å². The smallest absolute Gasteiger partial charge is 0.161 e. The molecule has 4 nitrogen and oxygen atoms in total. The third-order valence-electron chi connectivity index (χ3n) is 5.70. The first-order valence-electron chi connectivity index (χ1n) is 8.41. The van der Waals surface area contributed by atoms with Gasteiger partial charge in [0.25, 0.3) is 0 Å². The maximum absolute atomic E-state index is 5.86. The average molecular weight is 311 g/mol. The van der Waals surface area contributed by atoms with Gasteiger partial charge in [-0.1, -0.05) is 18.2 Å². The lowest BCUT2D eigenvalue weighted by molar-refractivity contribution is 0.0510. The first-order valence-corrected chi connectivity index (χ1v) is 8.41. The van der Waals surface area contributed by atoms with Gasteiger partial charge in [-0.05, 0) is 35.3 Å². The second-order valence-corrected chi connectivity index (χ2v) is 6.71. The fourth-order valence-electron chi connectivity index (χ4n) is 4.60. The van der Waals surface area contributed by atoms with Gasteiger partial charge in [0, 0.05) is 26.6 Å². The summed E-state index contributed by atoms with van der Waals surface area (Å²) in [5.74, 6) is 1.79. The van der Waals surface area contributed by atoms with E-state index in [1.54, 1.807) is 7.11 Å². The van der Waals surface area contributed by atoms with E-state index in [1.165, 1.54) is 16.7 Å². The van der Waals surface area contributed by atoms with Crippen molar-refractivity contribution in [1.29, 1.82) is 0 Å². The number of hydrogen-bond donors (Lipinski definition) is 0. The maximum atomic E-state index is 5.86. The van der Waals surface area contributed by atoms with E-state index in [4.69, 9.17) is 14.2 Å². The monoisotopic (exact) mass is 311 g/mol. The molecule has 23 heavy (non-hydrogen) atoms. The van der Waals surface area contributed by atoms with E-state index in [0.717, 1.165) is 37.4 Å². The Balaban J connectivity index is 1.70. The Kier molecular flexibility index (Phi) is 2.88. The van der Waals surface area contributed by atoms with Crippen LogP contribution in [-0.2, 0) is 16.7 Å². The Morgan fingerprint density at radius 3 is 2.87 bits per heavy atom. The highest BCUT2D eigenvalue weighted by Gasteiger charge is 2.50. The summed E-state index contributed by atoms with van der Waals surface area (Å²) in [6.07, 6.45) is 9.01. The lowest BCUT2D eigenvalue weighted by atomic mass is 9.71. The lowest BCUT2D eigenvalue weighted by Gasteiger charge is -2.48. The Bertz CT molecular complexity index is 724. The van der Waals surface area contributed by atoms with Crippen LogP contribution in [0.5, 0.6) is 11.5 Å². The lowest BCUT2D eigenvalue weighted by Crippen LogP contribution is -2.51. The summed E-state index contributed by atoms with van der Waals surface area (Å²) in [5.41, 5.74) is 4.12. The number of ether oxygens (including phenoxy) is 3. The van der Waals surface area contributed by atoms with E-state index in [-0.39, 0.29) is 11.6 Å². The Morgan fingerprint density at radius 2 is 2.04 bits per heavy atom. The molecule has 120 valence electrons. The van der Waals surface area contributed by atoms with Crippen molar-refractivity contribution in [2.24, 2.45) is 0 Å². The Hall–Kier alpha value is -1.78. The molecule has 1 spiro atoms. The molecular formula is C19H21NO3. The molecule has 2 atom stereocenters. The van der Waals surface area contributed by atoms with E-state index in [0.29, 0.717) is 13.2 Å². The molecule has 4 heteroatoms. The van der Waals surface area contributed by atoms with Crippen LogP contribution in [0.3, 0.4) is 0 Å². The zero-order valence-corrected chi connectivity index (χ0v) is 13.4. The predicted molar refractivity (Wildman–Crippen MR) is 87.0 cm³/mol. The van der Waals surface area contributed by atoms with Crippen LogP contribution in [0.2, 0.25) is 0 Å². The largest absolute Gasteiger partial charge is 0.486 e. The summed E-state index contributed by atoms with van der Waals surface area (Å²) in [7, 11) is 1.80. The van der Waals surface area contributed by atoms with Crippen LogP contribution in [0.15, 0.2) is 35.9 Å². The van der Waals surface area contributed by atoms with Crippen molar-refractivity contribution in [3.05, 3.63) is 47.1 Å². The molecule has 4 aliphatic rings. The van der Waals surface area contributed by atoms with Gasteiger partial charge in [0.15, 0.2) is 11.5 Å². The van der Waals surface area contributed by atoms with Gasteiger partial charge in [0.1, 0.15) is 13.2 Å². The van der Waals surface area contributed by atoms with E-state index >= 15 is 0 Å². The zero-order chi connectivity index (χ0) is 15.4. The molecule has 1 aromatic carbocycles. The van der Waals surface area contributed by atoms with Gasteiger partial charge in [-0.3, -0.25) is 4.90 Å². The van der Waals surface area contributed by atoms with E-state index in [9.17, 15) is 0 Å². The molecule has 3 aliphatic heterocycles. The summed E-state index contributed by atoms with van der Waals surface area (Å²) in [5, 5.41) is 0. The van der Waals surface area contributed by atoms with Crippen molar-refractivity contribution in [3.63, 3.8) is 0 Å². The van der Waals surface area contributed by atoms with Gasteiger partial charge >= 0.3 is 0 Å². The van der Waals surface area contributed by atoms with E-state index in [1.807, 2.05) is 0 Å². The van der Waals surface area contributed by atoms with Crippen molar-refractivity contribution in [1.82, 2.24) is 4.90 Å². The normalized spacial score (nSPS) is 31.2. The number of nitrogens with zero attached hydrogens (tertiary/aromatic N) is 1. The van der Waals surface area contributed by atoms with Crippen molar-refractivity contribution >= 4 is 0 Å². The zero-order valence-electron chi connectivity index (χ0n) is 13.4. The number of benzene rings is 1. The van der Waals surface area contributed by atoms with Gasteiger partial charge in [-0.15, -0.1) is 0 Å². The highest BCUT2D eigenvalue weighted by Crippen LogP contribution is 2.52. The highest BCUT2D eigenvalue weighted by atomic mass is 16.6. The third kappa shape index (κ3) is 1.79. The van der Waals surface area contributed by atoms with Crippen LogP contribution in [0.25, 0.3) is 0 Å². The molecule has 0 radical (unpaired) electrons. The van der Waals surface area contributed by atoms with Gasteiger partial charge in [-0.2, -0.15) is 0 Å². The molecule has 0 bridgehead atoms. The minimum absolute atomic E-state index is 0.0567. The molecule has 1 aliphatic carbocycles. The fraction of sp³-hybridized carbons (Fsp3) is 0.474. The van der Waals surface area contributed by atoms with Crippen LogP contribution in [0, 0.1) is 0 Å². The molecule has 0 N–H and O–H groups in total. The number of hydrogen-bond acceptors (Lipinski definition) is 4. The summed E-state index contributed by atoms with van der Waals surface area (Å²) in [4.78, 5) is 2.59. The Morgan fingerprint density at radius 1 is 1.22 bits per heavy atom. The molecule has 3 heterocycles. The number of methoxy groups -OCH3 is 1. The van der Waals surface area contributed by atoms with Gasteiger partial charge in [0.05, 0.1) is 11.6 Å². The minimum atomic E-state index is -0.0567. The first-order chi connectivity index (χ1) is 11.3. The average Bonchev–Trinajstić information content (AvgIpc) is 2.99. The van der Waals surface area contributed by atoms with E-state index < -0.39 is 0 Å². The van der Waals surface area contributed by atoms with Crippen LogP contribution >= 0.6 is 0 Å². The molecule has 1 aromatic rings. The third-order valence-corrected chi connectivity index (χ3v) is 5.70. The fourth-order valence-corrected chi connectivity index (χ4v) is 4.60. The van der Waals surface area contributed by atoms with Crippen LogP contribution in [0.4, 0.5) is 0 Å². The molecular weight excluding hydrogens is 290 g/mol. The minimum Gasteiger partial charge on any atom is -0.486 e. The summed E-state index contributed by atoms with van der Waals surface area (Å²) < 4.78 is 17.3. The van der Waals surface area contributed by atoms with Crippen molar-refractivity contribution in [3.8, 4) is 11.5 Å². The molecule has 0 fully saturated rings. The van der Waals surface area contributed by atoms with E-state index in [2.05, 4.69) is 35.3 Å². The van der Waals surface area contributed by atoms with Crippen LogP contribution < -0.4 is 9.47 Å². The topological polar surface area (TPSA) is 30.9 Å². The second kappa shape index (κ2) is 4.86. The molecule has 0 saturated heterocycles. The standard InChI is InChI=1S/C19H21NO3/c1-21-15-3-2-14-5-7-20-6-4-13-10-17-18(23-9-8-22-17)11-16(13)19(14,20)12-15/h2-3,5,10-11,15H,4,6-9,12H2,1H3. The quantitative estimate of drug-likeness (QED) is 0.797. The van der Waals surface area contributed by atoms with Gasteiger partial charge in [-0.25, -0.2) is 0 Å². The molecule has 0 amide bonds. The van der Waals surface area contributed by atoms with Crippen molar-refractivity contribution in [2.45, 2.75) is 24.5 Å². The predicted octanol–water partition coefficient (Wildman–Crippen LogP) is 2.43. The SMILES string of the molecule is COC1C=CC2=CCN3CCc4cc5c(cc4C23C1)OCCO5. The second-order valence-electron chi connectivity index (χ2n) is 6.71. The summed E-state index contributed by atoms with van der Waals surface area (Å²) in [6.45, 7) is 3.37. The molecule has 2 unspecified atom stereocenters. The maximum Gasteiger partial charge on any atom is 0.161 e. The highest BCUT2D eigenvalue weighted by molar-refractivity contribution is 5.57. The summed E-state index contributed by atoms with van der Waals surface area (Å²) >= 11 is 0.